The molecule has 27 heavy (non-hydrogen) atoms. The van der Waals surface area contributed by atoms with Gasteiger partial charge in [0, 0.05) is 13.1 Å². The lowest BCUT2D eigenvalue weighted by Gasteiger charge is -2.08. The van der Waals surface area contributed by atoms with Gasteiger partial charge in [-0.2, -0.15) is 14.8 Å². The van der Waals surface area contributed by atoms with Crippen LogP contribution in [0, 0.1) is 0 Å². The summed E-state index contributed by atoms with van der Waals surface area (Å²) in [6.45, 7) is 3.76. The normalized spacial score (nSPS) is 12.0. The third-order valence-electron chi connectivity index (χ3n) is 4.00. The average Bonchev–Trinajstić information content (AvgIpc) is 3.17. The number of aromatic nitrogens is 5. The first-order valence-electron chi connectivity index (χ1n) is 8.33. The van der Waals surface area contributed by atoms with Gasteiger partial charge in [0.2, 0.25) is 5.82 Å². The predicted octanol–water partition coefficient (Wildman–Crippen LogP) is 0.509. The highest BCUT2D eigenvalue weighted by Gasteiger charge is 2.22. The van der Waals surface area contributed by atoms with E-state index >= 15 is 0 Å². The molecule has 10 heteroatoms. The van der Waals surface area contributed by atoms with Crippen LogP contribution in [0.1, 0.15) is 31.0 Å². The molecule has 0 bridgehead atoms. The summed E-state index contributed by atoms with van der Waals surface area (Å²) in [6, 6.07) is 8.53. The van der Waals surface area contributed by atoms with Crippen LogP contribution in [0.5, 0.6) is 0 Å². The SMILES string of the molecule is CC[C@H](C)NC(=O)c1nc(-c2nn(-c3ccccc3)c(=O)n(C)c2=O)no1. The predicted molar refractivity (Wildman–Crippen MR) is 95.6 cm³/mol. The van der Waals surface area contributed by atoms with Crippen LogP contribution in [0.25, 0.3) is 17.2 Å². The first-order valence-corrected chi connectivity index (χ1v) is 8.33. The summed E-state index contributed by atoms with van der Waals surface area (Å²) in [5.41, 5.74) is -1.04. The molecule has 1 amide bonds. The van der Waals surface area contributed by atoms with Crippen LogP contribution in [0.4, 0.5) is 0 Å². The lowest BCUT2D eigenvalue weighted by Crippen LogP contribution is -2.40. The van der Waals surface area contributed by atoms with Crippen molar-refractivity contribution in [3.05, 3.63) is 57.1 Å². The molecular formula is C17H18N6O4. The standard InChI is InChI=1S/C17H18N6O4/c1-4-10(2)18-14(24)15-19-13(21-27-15)12-16(25)22(3)17(26)23(20-12)11-8-6-5-7-9-11/h5-10H,4H2,1-3H3,(H,18,24)/t10-/m0/s1. The molecule has 0 saturated heterocycles. The molecule has 3 aromatic rings. The number of nitrogens with zero attached hydrogens (tertiary/aromatic N) is 5. The summed E-state index contributed by atoms with van der Waals surface area (Å²) in [5.74, 6) is -1.00. The Morgan fingerprint density at radius 3 is 2.63 bits per heavy atom. The lowest BCUT2D eigenvalue weighted by molar-refractivity contribution is 0.0895. The maximum absolute atomic E-state index is 12.4. The second-order valence-electron chi connectivity index (χ2n) is 5.95. The summed E-state index contributed by atoms with van der Waals surface area (Å²) in [5, 5.41) is 10.4. The fraction of sp³-hybridized carbons (Fsp3) is 0.294. The molecule has 0 unspecified atom stereocenters. The van der Waals surface area contributed by atoms with Gasteiger partial charge in [-0.15, -0.1) is 0 Å². The van der Waals surface area contributed by atoms with Gasteiger partial charge >= 0.3 is 17.5 Å². The van der Waals surface area contributed by atoms with Crippen molar-refractivity contribution in [3.8, 4) is 17.2 Å². The Morgan fingerprint density at radius 2 is 1.96 bits per heavy atom. The van der Waals surface area contributed by atoms with Crippen LogP contribution in [0.15, 0.2) is 44.4 Å². The van der Waals surface area contributed by atoms with E-state index in [1.165, 1.54) is 7.05 Å². The molecule has 0 radical (unpaired) electrons. The first-order chi connectivity index (χ1) is 12.9. The molecule has 10 nitrogen and oxygen atoms in total. The van der Waals surface area contributed by atoms with E-state index in [1.807, 2.05) is 13.8 Å². The summed E-state index contributed by atoms with van der Waals surface area (Å²) >= 11 is 0. The minimum Gasteiger partial charge on any atom is -0.345 e. The van der Waals surface area contributed by atoms with Gasteiger partial charge in [0.05, 0.1) is 5.69 Å². The quantitative estimate of drug-likeness (QED) is 0.693. The number of benzene rings is 1. The molecular weight excluding hydrogens is 352 g/mol. The van der Waals surface area contributed by atoms with E-state index < -0.39 is 17.2 Å². The maximum Gasteiger partial charge on any atom is 0.351 e. The molecule has 0 aliphatic carbocycles. The summed E-state index contributed by atoms with van der Waals surface area (Å²) < 4.78 is 6.90. The van der Waals surface area contributed by atoms with Crippen LogP contribution >= 0.6 is 0 Å². The lowest BCUT2D eigenvalue weighted by atomic mass is 10.2. The summed E-state index contributed by atoms with van der Waals surface area (Å²) in [4.78, 5) is 40.9. The molecule has 3 rings (SSSR count). The van der Waals surface area contributed by atoms with E-state index in [0.29, 0.717) is 5.69 Å². The van der Waals surface area contributed by atoms with Crippen molar-refractivity contribution < 1.29 is 9.32 Å². The average molecular weight is 370 g/mol. The van der Waals surface area contributed by atoms with Crippen LogP contribution < -0.4 is 16.6 Å². The highest BCUT2D eigenvalue weighted by Crippen LogP contribution is 2.10. The number of hydrogen-bond donors (Lipinski definition) is 1. The topological polar surface area (TPSA) is 125 Å². The number of hydrogen-bond acceptors (Lipinski definition) is 7. The van der Waals surface area contributed by atoms with Gasteiger partial charge in [0.1, 0.15) is 0 Å². The van der Waals surface area contributed by atoms with Gasteiger partial charge in [-0.25, -0.2) is 4.79 Å². The van der Waals surface area contributed by atoms with Crippen molar-refractivity contribution in [1.82, 2.24) is 29.8 Å². The molecule has 0 fully saturated rings. The third-order valence-corrected chi connectivity index (χ3v) is 4.00. The maximum atomic E-state index is 12.4. The van der Waals surface area contributed by atoms with E-state index in [2.05, 4.69) is 20.6 Å². The van der Waals surface area contributed by atoms with Crippen molar-refractivity contribution in [1.29, 1.82) is 0 Å². The highest BCUT2D eigenvalue weighted by molar-refractivity contribution is 5.90. The molecule has 1 atom stereocenters. The second kappa shape index (κ2) is 7.36. The second-order valence-corrected chi connectivity index (χ2v) is 5.95. The van der Waals surface area contributed by atoms with Crippen LogP contribution in [0.2, 0.25) is 0 Å². The van der Waals surface area contributed by atoms with Gasteiger partial charge in [0.25, 0.3) is 5.56 Å². The van der Waals surface area contributed by atoms with Gasteiger partial charge in [0.15, 0.2) is 5.69 Å². The van der Waals surface area contributed by atoms with Gasteiger partial charge in [-0.05, 0) is 25.5 Å². The third kappa shape index (κ3) is 3.54. The van der Waals surface area contributed by atoms with E-state index in [4.69, 9.17) is 4.52 Å². The number of rotatable bonds is 5. The smallest absolute Gasteiger partial charge is 0.345 e. The van der Waals surface area contributed by atoms with Crippen LogP contribution in [-0.4, -0.2) is 36.4 Å². The fourth-order valence-corrected chi connectivity index (χ4v) is 2.25. The minimum atomic E-state index is -0.693. The van der Waals surface area contributed by atoms with Crippen molar-refractivity contribution in [2.24, 2.45) is 7.05 Å². The van der Waals surface area contributed by atoms with Gasteiger partial charge < -0.3 is 9.84 Å². The number of carbonyl (C=O) groups is 1. The summed E-state index contributed by atoms with van der Waals surface area (Å²) in [7, 11) is 1.33. The monoisotopic (exact) mass is 370 g/mol. The molecule has 0 spiro atoms. The van der Waals surface area contributed by atoms with Crippen molar-refractivity contribution in [2.75, 3.05) is 0 Å². The molecule has 0 aliphatic heterocycles. The molecule has 2 heterocycles. The Morgan fingerprint density at radius 1 is 1.26 bits per heavy atom. The van der Waals surface area contributed by atoms with Crippen LogP contribution in [0.3, 0.4) is 0 Å². The Kier molecular flexibility index (Phi) is 4.97. The number of para-hydroxylation sites is 1. The Hall–Kier alpha value is -3.56. The van der Waals surface area contributed by atoms with Gasteiger partial charge in [-0.3, -0.25) is 14.2 Å². The molecule has 1 aromatic carbocycles. The zero-order valence-electron chi connectivity index (χ0n) is 15.0. The van der Waals surface area contributed by atoms with E-state index in [0.717, 1.165) is 15.7 Å². The van der Waals surface area contributed by atoms with Crippen molar-refractivity contribution in [3.63, 3.8) is 0 Å². The molecule has 0 aliphatic rings. The van der Waals surface area contributed by atoms with E-state index in [1.54, 1.807) is 30.3 Å². The Balaban J connectivity index is 2.06. The number of carbonyl (C=O) groups excluding carboxylic acids is 1. The Labute approximate surface area is 153 Å². The number of amides is 1. The fourth-order valence-electron chi connectivity index (χ4n) is 2.25. The van der Waals surface area contributed by atoms with E-state index in [-0.39, 0.29) is 23.5 Å². The first kappa shape index (κ1) is 18.2. The van der Waals surface area contributed by atoms with Gasteiger partial charge in [-0.1, -0.05) is 30.3 Å². The molecule has 0 saturated carbocycles. The highest BCUT2D eigenvalue weighted by atomic mass is 16.5. The Bertz CT molecular complexity index is 1080. The van der Waals surface area contributed by atoms with Crippen molar-refractivity contribution >= 4 is 5.91 Å². The van der Waals surface area contributed by atoms with Crippen molar-refractivity contribution in [2.45, 2.75) is 26.3 Å². The van der Waals surface area contributed by atoms with Crippen LogP contribution in [-0.2, 0) is 7.05 Å². The minimum absolute atomic E-state index is 0.0705. The van der Waals surface area contributed by atoms with E-state index in [9.17, 15) is 14.4 Å². The summed E-state index contributed by atoms with van der Waals surface area (Å²) in [6.07, 6.45) is 0.733. The molecule has 2 aromatic heterocycles. The zero-order valence-corrected chi connectivity index (χ0v) is 15.0. The molecule has 1 N–H and O–H groups in total. The largest absolute Gasteiger partial charge is 0.351 e. The number of nitrogens with one attached hydrogen (secondary N) is 1. The molecule has 140 valence electrons. The zero-order chi connectivity index (χ0) is 19.6.